The molecule has 0 unspecified atom stereocenters. The molecule has 4 N–H and O–H groups in total. The molecule has 0 fully saturated rings. The lowest BCUT2D eigenvalue weighted by Crippen LogP contribution is -1.99. The minimum Gasteiger partial charge on any atom is -0.398 e. The summed E-state index contributed by atoms with van der Waals surface area (Å²) < 4.78 is 0. The van der Waals surface area contributed by atoms with Crippen LogP contribution < -0.4 is 11.5 Å². The van der Waals surface area contributed by atoms with Crippen LogP contribution >= 0.6 is 0 Å². The number of nitrogens with two attached hydrogens (primary N) is 2. The zero-order valence-corrected chi connectivity index (χ0v) is 32.0. The molecular weight excluding hydrogens is 677 g/mol. The molecule has 0 saturated heterocycles. The number of allylic oxidation sites excluding steroid dienone is 1. The second-order valence-electron chi connectivity index (χ2n) is 14.1. The van der Waals surface area contributed by atoms with Crippen LogP contribution in [0.2, 0.25) is 0 Å². The van der Waals surface area contributed by atoms with Gasteiger partial charge in [-0.2, -0.15) is 0 Å². The molecular formula is C54H48N2. The van der Waals surface area contributed by atoms with Crippen molar-refractivity contribution in [2.24, 2.45) is 11.5 Å². The Morgan fingerprint density at radius 1 is 0.482 bits per heavy atom. The van der Waals surface area contributed by atoms with E-state index in [2.05, 4.69) is 153 Å². The van der Waals surface area contributed by atoms with Crippen molar-refractivity contribution < 1.29 is 0 Å². The van der Waals surface area contributed by atoms with Crippen molar-refractivity contribution in [3.63, 3.8) is 0 Å². The highest BCUT2D eigenvalue weighted by Crippen LogP contribution is 2.42. The van der Waals surface area contributed by atoms with Crippen molar-refractivity contribution in [3.05, 3.63) is 246 Å². The van der Waals surface area contributed by atoms with E-state index in [-0.39, 0.29) is 0 Å². The summed E-state index contributed by atoms with van der Waals surface area (Å²) in [6, 6.07) is 72.2. The van der Waals surface area contributed by atoms with Gasteiger partial charge < -0.3 is 11.5 Å². The van der Waals surface area contributed by atoms with E-state index < -0.39 is 0 Å². The quantitative estimate of drug-likeness (QED) is 0.172. The van der Waals surface area contributed by atoms with Crippen LogP contribution in [0.4, 0.5) is 0 Å². The zero-order chi connectivity index (χ0) is 38.5. The molecule has 0 saturated carbocycles. The third kappa shape index (κ3) is 9.49. The lowest BCUT2D eigenvalue weighted by Gasteiger charge is -2.13. The molecule has 8 aromatic carbocycles. The van der Waals surface area contributed by atoms with Crippen molar-refractivity contribution in [2.45, 2.75) is 26.3 Å². The molecule has 8 aromatic rings. The highest BCUT2D eigenvalue weighted by atomic mass is 14.6. The standard InChI is InChI=1S/C32H25N.C16H17N.C6H6/c33-21-27-13-7-12-26-16-25-15-14-24(20-31(25)32(26)27)30-18-28(22-8-3-1-4-9-22)17-29(19-30)23-10-5-2-6-11-23;1-13-6-5-9-15(12-13)16(17)11-10-14-7-3-2-4-8-14;1-2-4-6-5-3-1/h1-15,17-20H,16,21,33H2;2-9,11-12H,10,17H2,1H3;1-6H/b;16-11-;. The number of fused-ring (bicyclic) bond motifs is 3. The van der Waals surface area contributed by atoms with Gasteiger partial charge in [0.1, 0.15) is 0 Å². The van der Waals surface area contributed by atoms with Crippen molar-refractivity contribution in [1.29, 1.82) is 0 Å². The summed E-state index contributed by atoms with van der Waals surface area (Å²) in [5.41, 5.74) is 30.7. The summed E-state index contributed by atoms with van der Waals surface area (Å²) >= 11 is 0. The van der Waals surface area contributed by atoms with Gasteiger partial charge in [-0.05, 0) is 122 Å². The van der Waals surface area contributed by atoms with Crippen molar-refractivity contribution in [2.75, 3.05) is 0 Å². The number of hydrogen-bond donors (Lipinski definition) is 2. The Kier molecular flexibility index (Phi) is 12.4. The van der Waals surface area contributed by atoms with Gasteiger partial charge in [0, 0.05) is 12.2 Å². The number of hydrogen-bond acceptors (Lipinski definition) is 2. The Morgan fingerprint density at radius 3 is 1.59 bits per heavy atom. The molecule has 0 bridgehead atoms. The number of aryl methyl sites for hydroxylation is 1. The molecule has 0 amide bonds. The Hall–Kier alpha value is -6.74. The maximum atomic E-state index is 6.10. The smallest absolute Gasteiger partial charge is 0.0350 e. The van der Waals surface area contributed by atoms with Crippen LogP contribution in [0.1, 0.15) is 33.4 Å². The first-order valence-electron chi connectivity index (χ1n) is 19.3. The molecule has 1 aliphatic carbocycles. The summed E-state index contributed by atoms with van der Waals surface area (Å²) in [6.45, 7) is 2.64. The van der Waals surface area contributed by atoms with Gasteiger partial charge in [0.2, 0.25) is 0 Å². The van der Waals surface area contributed by atoms with Crippen LogP contribution in [-0.2, 0) is 19.4 Å². The van der Waals surface area contributed by atoms with Crippen molar-refractivity contribution in [3.8, 4) is 44.5 Å². The Bertz CT molecular complexity index is 2420. The van der Waals surface area contributed by atoms with E-state index in [1.54, 1.807) is 0 Å². The summed E-state index contributed by atoms with van der Waals surface area (Å²) in [7, 11) is 0. The summed E-state index contributed by atoms with van der Waals surface area (Å²) in [6.07, 6.45) is 3.93. The predicted octanol–water partition coefficient (Wildman–Crippen LogP) is 12.9. The second kappa shape index (κ2) is 18.5. The van der Waals surface area contributed by atoms with E-state index in [0.29, 0.717) is 6.54 Å². The fraction of sp³-hybridized carbons (Fsp3) is 0.0741. The number of benzene rings is 8. The van der Waals surface area contributed by atoms with Crippen LogP contribution in [0.25, 0.3) is 50.2 Å². The van der Waals surface area contributed by atoms with Crippen LogP contribution in [0, 0.1) is 6.92 Å². The molecule has 0 heterocycles. The molecule has 1 aliphatic rings. The topological polar surface area (TPSA) is 52.0 Å². The largest absolute Gasteiger partial charge is 0.398 e. The molecule has 0 radical (unpaired) electrons. The van der Waals surface area contributed by atoms with Crippen LogP contribution in [0.5, 0.6) is 0 Å². The summed E-state index contributed by atoms with van der Waals surface area (Å²) in [5.74, 6) is 0. The first-order chi connectivity index (χ1) is 27.6. The van der Waals surface area contributed by atoms with E-state index >= 15 is 0 Å². The minimum absolute atomic E-state index is 0.564. The van der Waals surface area contributed by atoms with E-state index in [1.165, 1.54) is 72.3 Å². The van der Waals surface area contributed by atoms with Gasteiger partial charge in [0.25, 0.3) is 0 Å². The SMILES string of the molecule is Cc1cccc(/C(N)=C/Cc2ccccc2)c1.NCc1cccc2c1-c1cc(-c3cc(-c4ccccc4)cc(-c4ccccc4)c3)ccc1C2.c1ccccc1. The number of rotatable bonds is 7. The first kappa shape index (κ1) is 37.6. The Balaban J connectivity index is 0.000000173. The fourth-order valence-electron chi connectivity index (χ4n) is 7.22. The monoisotopic (exact) mass is 724 g/mol. The van der Waals surface area contributed by atoms with E-state index in [4.69, 9.17) is 11.5 Å². The molecule has 0 spiro atoms. The lowest BCUT2D eigenvalue weighted by molar-refractivity contribution is 1.07. The fourth-order valence-corrected chi connectivity index (χ4v) is 7.22. The maximum Gasteiger partial charge on any atom is 0.0350 e. The molecule has 9 rings (SSSR count). The highest BCUT2D eigenvalue weighted by molar-refractivity contribution is 5.86. The molecule has 2 nitrogen and oxygen atoms in total. The molecule has 0 aliphatic heterocycles. The summed E-state index contributed by atoms with van der Waals surface area (Å²) in [5, 5.41) is 0. The van der Waals surface area contributed by atoms with Gasteiger partial charge in [0.05, 0.1) is 0 Å². The molecule has 56 heavy (non-hydrogen) atoms. The van der Waals surface area contributed by atoms with Gasteiger partial charge in [-0.15, -0.1) is 0 Å². The third-order valence-corrected chi connectivity index (χ3v) is 10.1. The van der Waals surface area contributed by atoms with Crippen LogP contribution in [0.3, 0.4) is 0 Å². The average Bonchev–Trinajstić information content (AvgIpc) is 3.66. The molecule has 0 aromatic heterocycles. The zero-order valence-electron chi connectivity index (χ0n) is 32.0. The van der Waals surface area contributed by atoms with Gasteiger partial charge >= 0.3 is 0 Å². The average molecular weight is 725 g/mol. The molecule has 274 valence electrons. The molecule has 2 heteroatoms. The van der Waals surface area contributed by atoms with Crippen molar-refractivity contribution >= 4 is 5.70 Å². The van der Waals surface area contributed by atoms with E-state index in [1.807, 2.05) is 66.7 Å². The Labute approximate surface area is 332 Å². The van der Waals surface area contributed by atoms with Gasteiger partial charge in [-0.3, -0.25) is 0 Å². The normalized spacial score (nSPS) is 11.3. The molecule has 0 atom stereocenters. The lowest BCUT2D eigenvalue weighted by atomic mass is 9.91. The third-order valence-electron chi connectivity index (χ3n) is 10.1. The maximum absolute atomic E-state index is 6.10. The van der Waals surface area contributed by atoms with Crippen LogP contribution in [-0.4, -0.2) is 0 Å². The first-order valence-corrected chi connectivity index (χ1v) is 19.3. The highest BCUT2D eigenvalue weighted by Gasteiger charge is 2.21. The minimum atomic E-state index is 0.564. The predicted molar refractivity (Wildman–Crippen MR) is 239 cm³/mol. The van der Waals surface area contributed by atoms with E-state index in [9.17, 15) is 0 Å². The van der Waals surface area contributed by atoms with Crippen molar-refractivity contribution in [1.82, 2.24) is 0 Å². The summed E-state index contributed by atoms with van der Waals surface area (Å²) in [4.78, 5) is 0. The van der Waals surface area contributed by atoms with Gasteiger partial charge in [-0.25, -0.2) is 0 Å². The van der Waals surface area contributed by atoms with Crippen LogP contribution in [0.15, 0.2) is 212 Å². The Morgan fingerprint density at radius 2 is 1.02 bits per heavy atom. The van der Waals surface area contributed by atoms with Gasteiger partial charge in [0.15, 0.2) is 0 Å². The van der Waals surface area contributed by atoms with E-state index in [0.717, 1.165) is 24.1 Å². The van der Waals surface area contributed by atoms with Gasteiger partial charge in [-0.1, -0.05) is 188 Å². The second-order valence-corrected chi connectivity index (χ2v) is 14.1.